The number of hydrogen-bond donors (Lipinski definition) is 8. The molecule has 0 saturated carbocycles. The quantitative estimate of drug-likeness (QED) is 0.159. The van der Waals surface area contributed by atoms with Gasteiger partial charge >= 0.3 is 0 Å². The van der Waals surface area contributed by atoms with Crippen LogP contribution in [-0.2, 0) is 14.4 Å². The Morgan fingerprint density at radius 2 is 1.76 bits per heavy atom. The lowest BCUT2D eigenvalue weighted by Gasteiger charge is -2.53. The molecule has 7 atom stereocenters. The molecule has 0 radical (unpaired) electrons. The average Bonchev–Trinajstić information content (AvgIpc) is 2.90. The van der Waals surface area contributed by atoms with Gasteiger partial charge in [0, 0.05) is 11.5 Å². The molecule has 228 valence electrons. The molecule has 4 rings (SSSR count). The normalized spacial score (nSPS) is 29.8. The summed E-state index contributed by atoms with van der Waals surface area (Å²) in [4.78, 5) is 53.9. The van der Waals surface area contributed by atoms with Crippen LogP contribution in [0.2, 0.25) is 0 Å². The highest BCUT2D eigenvalue weighted by Gasteiger charge is 2.67. The number of likely N-dealkylation sites (N-methyl/N-ethyl adjacent to an activating group) is 2. The lowest BCUT2D eigenvalue weighted by atomic mass is 9.55. The van der Waals surface area contributed by atoms with Crippen molar-refractivity contribution in [2.45, 2.75) is 56.9 Å². The Kier molecular flexibility index (Phi) is 8.02. The number of amides is 2. The summed E-state index contributed by atoms with van der Waals surface area (Å²) in [6.07, 6.45) is -1.18. The molecular weight excluding hydrogens is 548 g/mol. The Labute approximate surface area is 242 Å². The Balaban J connectivity index is 1.89. The van der Waals surface area contributed by atoms with Crippen LogP contribution in [-0.4, -0.2) is 98.7 Å². The zero-order valence-electron chi connectivity index (χ0n) is 24.3. The summed E-state index contributed by atoms with van der Waals surface area (Å²) in [6.45, 7) is 5.53. The third kappa shape index (κ3) is 4.39. The van der Waals surface area contributed by atoms with E-state index in [-0.39, 0.29) is 17.2 Å². The standard InChI is InChI=1S/C29H38N4O9/c1-10(2)9-14(31-4)28(41)32-13-8-7-12-11(3)15-17(22(35)16(12)21(13)34)25(38)29(42)19(23(15)36)20(33(5)6)24(37)18(26(29)39)27(30)40/h7-8,10-11,14-15,19-20,23,31,34,36-38,42H,9H2,1-6H3,(H2,30,40)(H,32,41)/t11?,14-,15?,19?,20-,23?,29?/m0/s1. The van der Waals surface area contributed by atoms with Gasteiger partial charge in [-0.3, -0.25) is 24.1 Å². The number of nitrogens with one attached hydrogen (secondary N) is 2. The van der Waals surface area contributed by atoms with Gasteiger partial charge in [-0.25, -0.2) is 0 Å². The molecule has 0 bridgehead atoms. The highest BCUT2D eigenvalue weighted by molar-refractivity contribution is 6.25. The van der Waals surface area contributed by atoms with E-state index in [1.54, 1.807) is 14.0 Å². The second-order valence-corrected chi connectivity index (χ2v) is 11.9. The van der Waals surface area contributed by atoms with Crippen molar-refractivity contribution in [2.75, 3.05) is 26.5 Å². The lowest BCUT2D eigenvalue weighted by molar-refractivity contribution is -0.162. The Hall–Kier alpha value is -3.78. The highest BCUT2D eigenvalue weighted by atomic mass is 16.4. The minimum absolute atomic E-state index is 0.0694. The third-order valence-corrected chi connectivity index (χ3v) is 8.76. The van der Waals surface area contributed by atoms with Crippen LogP contribution in [0.4, 0.5) is 5.69 Å². The largest absolute Gasteiger partial charge is 0.510 e. The van der Waals surface area contributed by atoms with Gasteiger partial charge in [0.2, 0.25) is 11.7 Å². The minimum atomic E-state index is -3.00. The summed E-state index contributed by atoms with van der Waals surface area (Å²) >= 11 is 0. The number of aliphatic hydroxyl groups excluding tert-OH is 3. The molecule has 0 heterocycles. The number of ketones is 2. The molecule has 1 aromatic carbocycles. The SMILES string of the molecule is CN[C@@H](CC(C)C)C(=O)Nc1ccc2c(c1O)C(=O)C1=C(O)C3(O)C(=O)C(C(N)=O)=C(O)[C@@H](N(C)C)C3C(O)C1C2C. The minimum Gasteiger partial charge on any atom is -0.510 e. The molecule has 0 saturated heterocycles. The van der Waals surface area contributed by atoms with Crippen molar-refractivity contribution in [3.8, 4) is 5.75 Å². The van der Waals surface area contributed by atoms with E-state index < -0.39 is 93.3 Å². The molecule has 0 fully saturated rings. The number of nitrogens with zero attached hydrogens (tertiary/aromatic N) is 1. The number of aliphatic hydroxyl groups is 4. The molecule has 42 heavy (non-hydrogen) atoms. The lowest BCUT2D eigenvalue weighted by Crippen LogP contribution is -2.68. The summed E-state index contributed by atoms with van der Waals surface area (Å²) < 4.78 is 0. The Morgan fingerprint density at radius 3 is 2.29 bits per heavy atom. The van der Waals surface area contributed by atoms with Crippen LogP contribution in [0.25, 0.3) is 0 Å². The molecule has 13 heteroatoms. The first-order chi connectivity index (χ1) is 19.5. The Morgan fingerprint density at radius 1 is 1.14 bits per heavy atom. The zero-order chi connectivity index (χ0) is 31.6. The number of phenolic OH excluding ortho intramolecular Hbond substituents is 1. The monoisotopic (exact) mass is 586 g/mol. The van der Waals surface area contributed by atoms with Gasteiger partial charge in [0.25, 0.3) is 5.91 Å². The average molecular weight is 587 g/mol. The first-order valence-electron chi connectivity index (χ1n) is 13.7. The Bertz CT molecular complexity index is 1430. The van der Waals surface area contributed by atoms with Gasteiger partial charge in [0.05, 0.1) is 35.4 Å². The van der Waals surface area contributed by atoms with Crippen molar-refractivity contribution < 1.29 is 44.7 Å². The fourth-order valence-electron chi connectivity index (χ4n) is 6.77. The number of nitrogens with two attached hydrogens (primary N) is 1. The van der Waals surface area contributed by atoms with E-state index in [0.29, 0.717) is 12.0 Å². The number of anilines is 1. The van der Waals surface area contributed by atoms with E-state index in [1.165, 1.54) is 31.1 Å². The topological polar surface area (TPSA) is 223 Å². The molecule has 5 unspecified atom stereocenters. The number of hydrogen-bond acceptors (Lipinski definition) is 11. The first kappa shape index (κ1) is 31.2. The molecule has 2 amide bonds. The number of phenols is 1. The third-order valence-electron chi connectivity index (χ3n) is 8.76. The molecule has 3 aliphatic rings. The van der Waals surface area contributed by atoms with Crippen LogP contribution in [0.3, 0.4) is 0 Å². The van der Waals surface area contributed by atoms with Crippen LogP contribution >= 0.6 is 0 Å². The van der Waals surface area contributed by atoms with Gasteiger partial charge in [-0.1, -0.05) is 26.8 Å². The number of rotatable bonds is 7. The van der Waals surface area contributed by atoms with Crippen molar-refractivity contribution >= 4 is 29.1 Å². The molecule has 0 aliphatic heterocycles. The van der Waals surface area contributed by atoms with Crippen LogP contribution < -0.4 is 16.4 Å². The molecule has 0 spiro atoms. The molecule has 0 aromatic heterocycles. The molecule has 13 nitrogen and oxygen atoms in total. The van der Waals surface area contributed by atoms with Crippen molar-refractivity contribution in [3.05, 3.63) is 45.9 Å². The van der Waals surface area contributed by atoms with Gasteiger partial charge in [-0.15, -0.1) is 0 Å². The van der Waals surface area contributed by atoms with Gasteiger partial charge in [0.1, 0.15) is 17.1 Å². The van der Waals surface area contributed by atoms with Gasteiger partial charge < -0.3 is 41.9 Å². The van der Waals surface area contributed by atoms with E-state index in [1.807, 2.05) is 13.8 Å². The maximum atomic E-state index is 14.0. The number of primary amides is 1. The molecule has 9 N–H and O–H groups in total. The summed E-state index contributed by atoms with van der Waals surface area (Å²) in [5, 5.41) is 62.5. The highest BCUT2D eigenvalue weighted by Crippen LogP contribution is 2.56. The fraction of sp³-hybridized carbons (Fsp3) is 0.517. The summed E-state index contributed by atoms with van der Waals surface area (Å²) in [5.41, 5.74) is 0.810. The number of carbonyl (C=O) groups is 4. The fourth-order valence-corrected chi connectivity index (χ4v) is 6.77. The van der Waals surface area contributed by atoms with Crippen LogP contribution in [0.15, 0.2) is 34.8 Å². The van der Waals surface area contributed by atoms with Crippen molar-refractivity contribution in [1.82, 2.24) is 10.2 Å². The predicted octanol–water partition coefficient (Wildman–Crippen LogP) is 0.225. The molecule has 1 aromatic rings. The predicted molar refractivity (Wildman–Crippen MR) is 151 cm³/mol. The maximum Gasteiger partial charge on any atom is 0.255 e. The van der Waals surface area contributed by atoms with Crippen molar-refractivity contribution in [2.24, 2.45) is 23.5 Å². The number of benzene rings is 1. The second kappa shape index (κ2) is 10.8. The van der Waals surface area contributed by atoms with E-state index in [9.17, 15) is 44.7 Å². The van der Waals surface area contributed by atoms with Crippen LogP contribution in [0, 0.1) is 17.8 Å². The van der Waals surface area contributed by atoms with Gasteiger partial charge in [-0.2, -0.15) is 0 Å². The summed E-state index contributed by atoms with van der Waals surface area (Å²) in [7, 11) is 4.56. The molecule has 3 aliphatic carbocycles. The van der Waals surface area contributed by atoms with E-state index >= 15 is 0 Å². The van der Waals surface area contributed by atoms with Crippen molar-refractivity contribution in [1.29, 1.82) is 0 Å². The smallest absolute Gasteiger partial charge is 0.255 e. The van der Waals surface area contributed by atoms with Crippen LogP contribution in [0.1, 0.15) is 49.0 Å². The number of carbonyl (C=O) groups excluding carboxylic acids is 4. The number of fused-ring (bicyclic) bond motifs is 3. The maximum absolute atomic E-state index is 14.0. The summed E-state index contributed by atoms with van der Waals surface area (Å²) in [5.74, 6) is -10.0. The zero-order valence-corrected chi connectivity index (χ0v) is 24.3. The number of aromatic hydroxyl groups is 1. The van der Waals surface area contributed by atoms with E-state index in [4.69, 9.17) is 5.73 Å². The second-order valence-electron chi connectivity index (χ2n) is 11.9. The van der Waals surface area contributed by atoms with E-state index in [0.717, 1.165) is 0 Å². The summed E-state index contributed by atoms with van der Waals surface area (Å²) in [6, 6.07) is 1.02. The van der Waals surface area contributed by atoms with Crippen LogP contribution in [0.5, 0.6) is 5.75 Å². The number of Topliss-reactive ketones (excluding diaryl/α,β-unsaturated/α-hetero) is 2. The first-order valence-corrected chi connectivity index (χ1v) is 13.7. The van der Waals surface area contributed by atoms with Gasteiger partial charge in [0.15, 0.2) is 17.1 Å². The molecular formula is C29H38N4O9. The van der Waals surface area contributed by atoms with Gasteiger partial charge in [-0.05, 0) is 51.0 Å². The van der Waals surface area contributed by atoms with E-state index in [2.05, 4.69) is 10.6 Å². The van der Waals surface area contributed by atoms with Crippen molar-refractivity contribution in [3.63, 3.8) is 0 Å².